The molecule has 2 N–H and O–H groups in total. The normalized spacial score (nSPS) is 18.6. The number of nitrogens with one attached hydrogen (secondary N) is 1. The first-order valence-electron chi connectivity index (χ1n) is 7.18. The number of aliphatic carboxylic acids is 1. The quantitative estimate of drug-likeness (QED) is 0.858. The molecular formula is C15H17N3O4. The molecule has 0 spiro atoms. The number of nitrogens with zero attached hydrogens (tertiary/aromatic N) is 2. The molecule has 1 aromatic heterocycles. The van der Waals surface area contributed by atoms with E-state index in [9.17, 15) is 14.4 Å². The van der Waals surface area contributed by atoms with Crippen LogP contribution < -0.4 is 5.69 Å². The van der Waals surface area contributed by atoms with Gasteiger partial charge in [0.25, 0.3) is 5.91 Å². The summed E-state index contributed by atoms with van der Waals surface area (Å²) in [7, 11) is 1.64. The molecule has 1 unspecified atom stereocenters. The highest BCUT2D eigenvalue weighted by molar-refractivity contribution is 5.97. The highest BCUT2D eigenvalue weighted by Gasteiger charge is 2.28. The summed E-state index contributed by atoms with van der Waals surface area (Å²) in [5, 5.41) is 9.11. The van der Waals surface area contributed by atoms with Crippen LogP contribution in [0.25, 0.3) is 11.0 Å². The number of amides is 1. The van der Waals surface area contributed by atoms with E-state index in [4.69, 9.17) is 5.11 Å². The zero-order valence-corrected chi connectivity index (χ0v) is 12.2. The molecule has 1 aliphatic heterocycles. The van der Waals surface area contributed by atoms with E-state index in [-0.39, 0.29) is 18.1 Å². The summed E-state index contributed by atoms with van der Waals surface area (Å²) in [6.07, 6.45) is 1.29. The Balaban J connectivity index is 1.90. The Morgan fingerprint density at radius 1 is 1.36 bits per heavy atom. The average molecular weight is 303 g/mol. The van der Waals surface area contributed by atoms with Crippen molar-refractivity contribution in [2.45, 2.75) is 12.8 Å². The van der Waals surface area contributed by atoms with Crippen LogP contribution in [-0.4, -0.2) is 44.5 Å². The molecule has 1 amide bonds. The van der Waals surface area contributed by atoms with Gasteiger partial charge in [0.05, 0.1) is 17.0 Å². The third-order valence-corrected chi connectivity index (χ3v) is 4.21. The van der Waals surface area contributed by atoms with Gasteiger partial charge in [-0.15, -0.1) is 0 Å². The number of hydrogen-bond acceptors (Lipinski definition) is 3. The van der Waals surface area contributed by atoms with Crippen molar-refractivity contribution in [1.82, 2.24) is 14.5 Å². The number of imidazole rings is 1. The van der Waals surface area contributed by atoms with Gasteiger partial charge in [-0.1, -0.05) is 0 Å². The molecule has 1 aromatic carbocycles. The zero-order chi connectivity index (χ0) is 15.9. The van der Waals surface area contributed by atoms with Crippen LogP contribution in [0.5, 0.6) is 0 Å². The Morgan fingerprint density at radius 3 is 2.86 bits per heavy atom. The van der Waals surface area contributed by atoms with E-state index in [2.05, 4.69) is 4.98 Å². The molecule has 1 atom stereocenters. The van der Waals surface area contributed by atoms with E-state index in [1.54, 1.807) is 30.1 Å². The highest BCUT2D eigenvalue weighted by atomic mass is 16.4. The van der Waals surface area contributed by atoms with Gasteiger partial charge in [0, 0.05) is 25.7 Å². The number of fused-ring (bicyclic) bond motifs is 1. The number of piperidine rings is 1. The lowest BCUT2D eigenvalue weighted by Crippen LogP contribution is -2.42. The fraction of sp³-hybridized carbons (Fsp3) is 0.400. The van der Waals surface area contributed by atoms with E-state index < -0.39 is 11.9 Å². The number of carboxylic acid groups (broad SMARTS) is 1. The maximum atomic E-state index is 12.6. The van der Waals surface area contributed by atoms with Gasteiger partial charge in [0.15, 0.2) is 0 Å². The Hall–Kier alpha value is -2.57. The molecule has 7 heteroatoms. The Morgan fingerprint density at radius 2 is 2.14 bits per heavy atom. The van der Waals surface area contributed by atoms with Crippen LogP contribution in [0.4, 0.5) is 0 Å². The summed E-state index contributed by atoms with van der Waals surface area (Å²) in [5.41, 5.74) is 1.56. The van der Waals surface area contributed by atoms with Gasteiger partial charge in [-0.25, -0.2) is 4.79 Å². The summed E-state index contributed by atoms with van der Waals surface area (Å²) in [6.45, 7) is 0.797. The molecule has 116 valence electrons. The van der Waals surface area contributed by atoms with Crippen LogP contribution in [0, 0.1) is 5.92 Å². The number of hydrogen-bond donors (Lipinski definition) is 2. The maximum absolute atomic E-state index is 12.6. The lowest BCUT2D eigenvalue weighted by atomic mass is 9.97. The molecule has 1 saturated heterocycles. The van der Waals surface area contributed by atoms with Gasteiger partial charge in [0.1, 0.15) is 0 Å². The van der Waals surface area contributed by atoms with Gasteiger partial charge in [-0.05, 0) is 31.0 Å². The van der Waals surface area contributed by atoms with Crippen LogP contribution >= 0.6 is 0 Å². The van der Waals surface area contributed by atoms with E-state index in [1.807, 2.05) is 0 Å². The van der Waals surface area contributed by atoms with Crippen molar-refractivity contribution in [1.29, 1.82) is 0 Å². The first kappa shape index (κ1) is 14.4. The molecule has 22 heavy (non-hydrogen) atoms. The number of rotatable bonds is 2. The number of carbonyl (C=O) groups is 2. The third-order valence-electron chi connectivity index (χ3n) is 4.21. The second-order valence-electron chi connectivity index (χ2n) is 5.65. The SMILES string of the molecule is Cn1c(=O)[nH]c2ccc(C(=O)N3CCCC(C(=O)O)C3)cc21. The van der Waals surface area contributed by atoms with E-state index in [0.29, 0.717) is 36.0 Å². The van der Waals surface area contributed by atoms with E-state index in [1.165, 1.54) is 4.57 Å². The predicted molar refractivity (Wildman–Crippen MR) is 79.8 cm³/mol. The number of aromatic amines is 1. The van der Waals surface area contributed by atoms with Crippen molar-refractivity contribution >= 4 is 22.9 Å². The molecule has 1 aliphatic rings. The van der Waals surface area contributed by atoms with Gasteiger partial charge < -0.3 is 15.0 Å². The molecule has 0 saturated carbocycles. The third kappa shape index (κ3) is 2.38. The molecule has 2 aromatic rings. The molecule has 2 heterocycles. The fourth-order valence-corrected chi connectivity index (χ4v) is 2.90. The van der Waals surface area contributed by atoms with Crippen LogP contribution in [0.1, 0.15) is 23.2 Å². The van der Waals surface area contributed by atoms with Crippen molar-refractivity contribution in [3.05, 3.63) is 34.2 Å². The molecule has 0 aliphatic carbocycles. The number of likely N-dealkylation sites (tertiary alicyclic amines) is 1. The number of aryl methyl sites for hydroxylation is 1. The van der Waals surface area contributed by atoms with Crippen molar-refractivity contribution in [2.24, 2.45) is 13.0 Å². The molecule has 1 fully saturated rings. The number of aromatic nitrogens is 2. The Kier molecular flexibility index (Phi) is 3.48. The standard InChI is InChI=1S/C15H17N3O4/c1-17-12-7-9(4-5-11(12)16-15(17)22)13(19)18-6-2-3-10(8-18)14(20)21/h4-5,7,10H,2-3,6,8H2,1H3,(H,16,22)(H,20,21). The Bertz CT molecular complexity index is 805. The molecule has 7 nitrogen and oxygen atoms in total. The number of carboxylic acids is 1. The summed E-state index contributed by atoms with van der Waals surface area (Å²) < 4.78 is 1.45. The van der Waals surface area contributed by atoms with Crippen LogP contribution in [0.15, 0.2) is 23.0 Å². The van der Waals surface area contributed by atoms with Crippen molar-refractivity contribution in [2.75, 3.05) is 13.1 Å². The van der Waals surface area contributed by atoms with Gasteiger partial charge in [-0.2, -0.15) is 0 Å². The van der Waals surface area contributed by atoms with Crippen molar-refractivity contribution in [3.8, 4) is 0 Å². The second kappa shape index (κ2) is 5.32. The molecule has 3 rings (SSSR count). The summed E-state index contributed by atoms with van der Waals surface area (Å²) in [6, 6.07) is 5.02. The van der Waals surface area contributed by atoms with Crippen molar-refractivity contribution in [3.63, 3.8) is 0 Å². The first-order chi connectivity index (χ1) is 10.5. The van der Waals surface area contributed by atoms with Crippen LogP contribution in [-0.2, 0) is 11.8 Å². The summed E-state index contributed by atoms with van der Waals surface area (Å²) in [4.78, 5) is 39.5. The van der Waals surface area contributed by atoms with Gasteiger partial charge in [-0.3, -0.25) is 14.2 Å². The molecule has 0 radical (unpaired) electrons. The second-order valence-corrected chi connectivity index (χ2v) is 5.65. The monoisotopic (exact) mass is 303 g/mol. The summed E-state index contributed by atoms with van der Waals surface area (Å²) >= 11 is 0. The lowest BCUT2D eigenvalue weighted by molar-refractivity contribution is -0.143. The largest absolute Gasteiger partial charge is 0.481 e. The van der Waals surface area contributed by atoms with Gasteiger partial charge >= 0.3 is 11.7 Å². The average Bonchev–Trinajstić information content (AvgIpc) is 2.81. The lowest BCUT2D eigenvalue weighted by Gasteiger charge is -2.30. The molecular weight excluding hydrogens is 286 g/mol. The van der Waals surface area contributed by atoms with Crippen molar-refractivity contribution < 1.29 is 14.7 Å². The van der Waals surface area contributed by atoms with Crippen LogP contribution in [0.3, 0.4) is 0 Å². The van der Waals surface area contributed by atoms with Crippen LogP contribution in [0.2, 0.25) is 0 Å². The zero-order valence-electron chi connectivity index (χ0n) is 12.2. The molecule has 0 bridgehead atoms. The van der Waals surface area contributed by atoms with Gasteiger partial charge in [0.2, 0.25) is 0 Å². The van der Waals surface area contributed by atoms with E-state index in [0.717, 1.165) is 0 Å². The Labute approximate surface area is 126 Å². The predicted octanol–water partition coefficient (Wildman–Crippen LogP) is 0.803. The minimum Gasteiger partial charge on any atom is -0.481 e. The topological polar surface area (TPSA) is 95.4 Å². The first-order valence-corrected chi connectivity index (χ1v) is 7.18. The number of benzene rings is 1. The summed E-state index contributed by atoms with van der Waals surface area (Å²) in [5.74, 6) is -1.56. The minimum absolute atomic E-state index is 0.193. The highest BCUT2D eigenvalue weighted by Crippen LogP contribution is 2.20. The number of carbonyl (C=O) groups excluding carboxylic acids is 1. The van der Waals surface area contributed by atoms with E-state index >= 15 is 0 Å². The smallest absolute Gasteiger partial charge is 0.326 e. The maximum Gasteiger partial charge on any atom is 0.326 e. The fourth-order valence-electron chi connectivity index (χ4n) is 2.90. The number of H-pyrrole nitrogens is 1. The minimum atomic E-state index is -0.860.